The van der Waals surface area contributed by atoms with Gasteiger partial charge in [-0.1, -0.05) is 39.0 Å². The number of ether oxygens (including phenoxy) is 3. The zero-order valence-electron chi connectivity index (χ0n) is 17.3. The van der Waals surface area contributed by atoms with Gasteiger partial charge in [-0.15, -0.1) is 0 Å². The minimum absolute atomic E-state index is 0.0449. The maximum Gasteiger partial charge on any atom is 0.304 e. The number of aliphatic carboxylic acids is 1. The summed E-state index contributed by atoms with van der Waals surface area (Å²) in [6, 6.07) is 6.33. The lowest BCUT2D eigenvalue weighted by molar-refractivity contribution is -0.139. The van der Waals surface area contributed by atoms with Gasteiger partial charge in [0.15, 0.2) is 0 Å². The van der Waals surface area contributed by atoms with Crippen molar-refractivity contribution in [3.63, 3.8) is 0 Å². The average molecular weight is 392 g/mol. The van der Waals surface area contributed by atoms with E-state index in [2.05, 4.69) is 32.9 Å². The fourth-order valence-corrected chi connectivity index (χ4v) is 3.82. The standard InChI is InChI=1S/C22H32O6/c1-21(2,3)18-9-16(17(11-20(24)25)13-28-15-23)10-19(12-18)22(14-26-4)5-7-27-8-6-22/h9-10,12,15,17H,5-8,11,13-14H2,1-4H3,(H,24,25). The van der Waals surface area contributed by atoms with Crippen LogP contribution in [-0.2, 0) is 34.6 Å². The Morgan fingerprint density at radius 2 is 1.96 bits per heavy atom. The predicted molar refractivity (Wildman–Crippen MR) is 106 cm³/mol. The van der Waals surface area contributed by atoms with E-state index in [9.17, 15) is 14.7 Å². The van der Waals surface area contributed by atoms with Crippen molar-refractivity contribution in [3.8, 4) is 0 Å². The van der Waals surface area contributed by atoms with Crippen LogP contribution in [0.4, 0.5) is 0 Å². The molecule has 1 aliphatic rings. The van der Waals surface area contributed by atoms with E-state index in [0.29, 0.717) is 26.3 Å². The molecule has 0 bridgehead atoms. The summed E-state index contributed by atoms with van der Waals surface area (Å²) in [6.07, 6.45) is 1.60. The summed E-state index contributed by atoms with van der Waals surface area (Å²) in [7, 11) is 1.71. The Balaban J connectivity index is 2.57. The Bertz CT molecular complexity index is 665. The van der Waals surface area contributed by atoms with Crippen molar-refractivity contribution in [2.24, 2.45) is 0 Å². The molecule has 1 aliphatic heterocycles. The number of benzene rings is 1. The average Bonchev–Trinajstić information content (AvgIpc) is 2.65. The fourth-order valence-electron chi connectivity index (χ4n) is 3.82. The largest absolute Gasteiger partial charge is 0.481 e. The summed E-state index contributed by atoms with van der Waals surface area (Å²) in [5.41, 5.74) is 2.88. The highest BCUT2D eigenvalue weighted by Gasteiger charge is 2.36. The quantitative estimate of drug-likeness (QED) is 0.649. The fraction of sp³-hybridized carbons (Fsp3) is 0.636. The van der Waals surface area contributed by atoms with Crippen LogP contribution in [0.2, 0.25) is 0 Å². The molecule has 0 spiro atoms. The normalized spacial score (nSPS) is 17.7. The van der Waals surface area contributed by atoms with Crippen LogP contribution in [0.3, 0.4) is 0 Å². The first kappa shape index (κ1) is 22.4. The Hall–Kier alpha value is -1.92. The first-order valence-electron chi connectivity index (χ1n) is 9.71. The number of methoxy groups -OCH3 is 1. The Morgan fingerprint density at radius 3 is 2.50 bits per heavy atom. The Morgan fingerprint density at radius 1 is 1.29 bits per heavy atom. The van der Waals surface area contributed by atoms with Crippen molar-refractivity contribution >= 4 is 12.4 Å². The van der Waals surface area contributed by atoms with E-state index in [0.717, 1.165) is 29.5 Å². The molecule has 1 heterocycles. The zero-order valence-corrected chi connectivity index (χ0v) is 17.3. The van der Waals surface area contributed by atoms with Gasteiger partial charge < -0.3 is 19.3 Å². The minimum atomic E-state index is -0.917. The third-order valence-corrected chi connectivity index (χ3v) is 5.56. The van der Waals surface area contributed by atoms with Crippen LogP contribution in [0.5, 0.6) is 0 Å². The monoisotopic (exact) mass is 392 g/mol. The summed E-state index contributed by atoms with van der Waals surface area (Å²) in [5, 5.41) is 9.35. The molecule has 28 heavy (non-hydrogen) atoms. The van der Waals surface area contributed by atoms with Gasteiger partial charge in [0, 0.05) is 31.7 Å². The van der Waals surface area contributed by atoms with Crippen LogP contribution < -0.4 is 0 Å². The molecule has 1 saturated heterocycles. The highest BCUT2D eigenvalue weighted by Crippen LogP contribution is 2.39. The summed E-state index contributed by atoms with van der Waals surface area (Å²) in [5.74, 6) is -1.32. The molecule has 0 aromatic heterocycles. The molecule has 0 radical (unpaired) electrons. The van der Waals surface area contributed by atoms with Gasteiger partial charge in [0.25, 0.3) is 6.47 Å². The minimum Gasteiger partial charge on any atom is -0.481 e. The number of hydrogen-bond donors (Lipinski definition) is 1. The first-order valence-corrected chi connectivity index (χ1v) is 9.71. The van der Waals surface area contributed by atoms with E-state index in [1.165, 1.54) is 0 Å². The third-order valence-electron chi connectivity index (χ3n) is 5.56. The van der Waals surface area contributed by atoms with Crippen molar-refractivity contribution in [1.82, 2.24) is 0 Å². The smallest absolute Gasteiger partial charge is 0.304 e. The molecule has 1 atom stereocenters. The molecule has 1 aromatic carbocycles. The lowest BCUT2D eigenvalue weighted by Crippen LogP contribution is -2.38. The molecule has 1 N–H and O–H groups in total. The highest BCUT2D eigenvalue weighted by molar-refractivity contribution is 5.68. The van der Waals surface area contributed by atoms with Crippen molar-refractivity contribution < 1.29 is 28.9 Å². The molecule has 0 aliphatic carbocycles. The molecule has 156 valence electrons. The molecule has 0 amide bonds. The highest BCUT2D eigenvalue weighted by atomic mass is 16.5. The number of rotatable bonds is 9. The van der Waals surface area contributed by atoms with E-state index in [1.807, 2.05) is 6.07 Å². The molecule has 6 heteroatoms. The second kappa shape index (κ2) is 9.52. The molecular weight excluding hydrogens is 360 g/mol. The first-order chi connectivity index (χ1) is 13.2. The molecule has 1 aromatic rings. The summed E-state index contributed by atoms with van der Waals surface area (Å²) >= 11 is 0. The van der Waals surface area contributed by atoms with Crippen LogP contribution in [0.15, 0.2) is 18.2 Å². The van der Waals surface area contributed by atoms with E-state index in [4.69, 9.17) is 14.2 Å². The van der Waals surface area contributed by atoms with Crippen LogP contribution in [0.25, 0.3) is 0 Å². The van der Waals surface area contributed by atoms with Gasteiger partial charge in [-0.25, -0.2) is 0 Å². The second-order valence-electron chi connectivity index (χ2n) is 8.64. The summed E-state index contributed by atoms with van der Waals surface area (Å²) in [6.45, 7) is 8.75. The van der Waals surface area contributed by atoms with E-state index in [1.54, 1.807) is 7.11 Å². The van der Waals surface area contributed by atoms with Gasteiger partial charge in [-0.05, 0) is 34.9 Å². The lowest BCUT2D eigenvalue weighted by atomic mass is 9.71. The van der Waals surface area contributed by atoms with Crippen molar-refractivity contribution in [1.29, 1.82) is 0 Å². The zero-order chi connectivity index (χ0) is 20.8. The Labute approximate surface area is 167 Å². The van der Waals surface area contributed by atoms with Crippen LogP contribution >= 0.6 is 0 Å². The number of carboxylic acids is 1. The SMILES string of the molecule is COCC1(c2cc(C(COC=O)CC(=O)O)cc(C(C)(C)C)c2)CCOCC1. The Kier molecular flexibility index (Phi) is 7.61. The van der Waals surface area contributed by atoms with Crippen molar-refractivity contribution in [2.45, 2.75) is 56.8 Å². The van der Waals surface area contributed by atoms with Gasteiger partial charge in [-0.2, -0.15) is 0 Å². The second-order valence-corrected chi connectivity index (χ2v) is 8.64. The third kappa shape index (κ3) is 5.55. The van der Waals surface area contributed by atoms with Gasteiger partial charge >= 0.3 is 5.97 Å². The lowest BCUT2D eigenvalue weighted by Gasteiger charge is -2.38. The molecule has 0 saturated carbocycles. The van der Waals surface area contributed by atoms with Crippen LogP contribution in [0.1, 0.15) is 62.6 Å². The molecule has 2 rings (SSSR count). The van der Waals surface area contributed by atoms with Crippen LogP contribution in [0, 0.1) is 0 Å². The molecule has 6 nitrogen and oxygen atoms in total. The van der Waals surface area contributed by atoms with E-state index < -0.39 is 11.9 Å². The molecule has 1 unspecified atom stereocenters. The maximum absolute atomic E-state index is 11.4. The number of carbonyl (C=O) groups excluding carboxylic acids is 1. The topological polar surface area (TPSA) is 82.1 Å². The van der Waals surface area contributed by atoms with Gasteiger partial charge in [0.1, 0.15) is 0 Å². The number of carboxylic acid groups (broad SMARTS) is 1. The summed E-state index contributed by atoms with van der Waals surface area (Å²) < 4.78 is 16.1. The van der Waals surface area contributed by atoms with Gasteiger partial charge in [-0.3, -0.25) is 9.59 Å². The predicted octanol–water partition coefficient (Wildman–Crippen LogP) is 3.41. The van der Waals surface area contributed by atoms with Crippen LogP contribution in [-0.4, -0.2) is 51.1 Å². The summed E-state index contributed by atoms with van der Waals surface area (Å²) in [4.78, 5) is 22.1. The molecule has 1 fully saturated rings. The van der Waals surface area contributed by atoms with E-state index in [-0.39, 0.29) is 23.9 Å². The van der Waals surface area contributed by atoms with Gasteiger partial charge in [0.05, 0.1) is 19.6 Å². The van der Waals surface area contributed by atoms with Gasteiger partial charge in [0.2, 0.25) is 0 Å². The maximum atomic E-state index is 11.4. The number of carbonyl (C=O) groups is 2. The van der Waals surface area contributed by atoms with E-state index >= 15 is 0 Å². The van der Waals surface area contributed by atoms with Crippen molar-refractivity contribution in [3.05, 3.63) is 34.9 Å². The molecular formula is C22H32O6. The number of hydrogen-bond acceptors (Lipinski definition) is 5. The van der Waals surface area contributed by atoms with Crippen molar-refractivity contribution in [2.75, 3.05) is 33.5 Å².